The number of hydrogen-bond acceptors (Lipinski definition) is 6. The summed E-state index contributed by atoms with van der Waals surface area (Å²) in [6, 6.07) is 15.9. The van der Waals surface area contributed by atoms with Crippen molar-refractivity contribution in [3.05, 3.63) is 106 Å². The number of carbonyl (C=O) groups excluding carboxylic acids is 3. The van der Waals surface area contributed by atoms with Gasteiger partial charge in [-0.25, -0.2) is 13.6 Å². The minimum atomic E-state index is -0.812. The summed E-state index contributed by atoms with van der Waals surface area (Å²) in [6.45, 7) is -0.272. The highest BCUT2D eigenvalue weighted by Crippen LogP contribution is 2.34. The van der Waals surface area contributed by atoms with Crippen LogP contribution in [0.4, 0.5) is 13.6 Å². The molecule has 1 N–H and O–H groups in total. The van der Waals surface area contributed by atoms with E-state index < -0.39 is 28.8 Å². The van der Waals surface area contributed by atoms with Crippen molar-refractivity contribution in [1.82, 2.24) is 4.90 Å². The smallest absolute Gasteiger partial charge is 0.342 e. The van der Waals surface area contributed by atoms with Gasteiger partial charge in [0.25, 0.3) is 11.1 Å². The molecule has 6 nitrogen and oxygen atoms in total. The lowest BCUT2D eigenvalue weighted by molar-refractivity contribution is -0.123. The molecule has 34 heavy (non-hydrogen) atoms. The number of thioether (sulfide) groups is 1. The van der Waals surface area contributed by atoms with Crippen molar-refractivity contribution in [2.24, 2.45) is 0 Å². The Labute approximate surface area is 197 Å². The van der Waals surface area contributed by atoms with Gasteiger partial charge in [-0.15, -0.1) is 0 Å². The van der Waals surface area contributed by atoms with E-state index in [1.54, 1.807) is 24.3 Å². The monoisotopic (exact) mass is 481 g/mol. The molecule has 9 heteroatoms. The van der Waals surface area contributed by atoms with Crippen LogP contribution in [0.25, 0.3) is 6.08 Å². The normalized spacial score (nSPS) is 14.6. The Hall–Kier alpha value is -3.98. The van der Waals surface area contributed by atoms with Crippen molar-refractivity contribution in [3.63, 3.8) is 0 Å². The first-order chi connectivity index (χ1) is 16.3. The molecule has 0 saturated carbocycles. The molecule has 1 aliphatic heterocycles. The molecule has 0 unspecified atom stereocenters. The van der Waals surface area contributed by atoms with Crippen LogP contribution in [0.15, 0.2) is 71.6 Å². The van der Waals surface area contributed by atoms with Crippen molar-refractivity contribution < 1.29 is 33.0 Å². The lowest BCUT2D eigenvalue weighted by Gasteiger charge is -2.12. The second kappa shape index (κ2) is 9.88. The molecule has 3 aromatic carbocycles. The molecule has 1 heterocycles. The third-order valence-corrected chi connectivity index (χ3v) is 5.80. The van der Waals surface area contributed by atoms with Gasteiger partial charge in [0.2, 0.25) is 0 Å². The number of aromatic hydroxyl groups is 1. The summed E-state index contributed by atoms with van der Waals surface area (Å²) in [5, 5.41) is 9.50. The van der Waals surface area contributed by atoms with Crippen LogP contribution in [-0.4, -0.2) is 27.1 Å². The van der Waals surface area contributed by atoms with E-state index in [1.165, 1.54) is 24.3 Å². The van der Waals surface area contributed by atoms with E-state index in [-0.39, 0.29) is 34.9 Å². The van der Waals surface area contributed by atoms with E-state index >= 15 is 0 Å². The number of nitrogens with zero attached hydrogens (tertiary/aromatic N) is 1. The number of amides is 2. The predicted molar refractivity (Wildman–Crippen MR) is 122 cm³/mol. The number of imide groups is 1. The minimum Gasteiger partial charge on any atom is -0.507 e. The Morgan fingerprint density at radius 2 is 1.68 bits per heavy atom. The molecular formula is C25H17F2NO5S. The molecule has 0 atom stereocenters. The molecule has 1 aliphatic rings. The molecule has 0 bridgehead atoms. The maximum Gasteiger partial charge on any atom is 0.342 e. The molecule has 0 aliphatic carbocycles. The standard InChI is InChI=1S/C25H17F2NO5S/c26-18-8-17(9-19(27)12-18)13-28-23(30)22(34-25(28)32)11-16-6-7-21(29)20(10-16)24(31)33-14-15-4-2-1-3-5-15/h1-12,29H,13-14H2/b22-11+. The quantitative estimate of drug-likeness (QED) is 0.382. The van der Waals surface area contributed by atoms with Crippen LogP contribution in [-0.2, 0) is 22.7 Å². The summed E-state index contributed by atoms with van der Waals surface area (Å²) in [7, 11) is 0. The van der Waals surface area contributed by atoms with Gasteiger partial charge in [-0.05, 0) is 58.8 Å². The van der Waals surface area contributed by atoms with Crippen molar-refractivity contribution in [3.8, 4) is 5.75 Å². The van der Waals surface area contributed by atoms with Crippen LogP contribution < -0.4 is 0 Å². The fourth-order valence-electron chi connectivity index (χ4n) is 3.28. The van der Waals surface area contributed by atoms with Gasteiger partial charge in [-0.1, -0.05) is 36.4 Å². The average Bonchev–Trinajstić information content (AvgIpc) is 3.06. The molecular weight excluding hydrogens is 464 g/mol. The Morgan fingerprint density at radius 1 is 0.971 bits per heavy atom. The van der Waals surface area contributed by atoms with Crippen LogP contribution in [0, 0.1) is 11.6 Å². The fraction of sp³-hybridized carbons (Fsp3) is 0.0800. The van der Waals surface area contributed by atoms with Crippen molar-refractivity contribution in [2.45, 2.75) is 13.2 Å². The van der Waals surface area contributed by atoms with Crippen molar-refractivity contribution >= 4 is 35.0 Å². The number of halogens is 2. The van der Waals surface area contributed by atoms with Gasteiger partial charge in [0.05, 0.1) is 11.4 Å². The zero-order valence-electron chi connectivity index (χ0n) is 17.5. The van der Waals surface area contributed by atoms with E-state index in [0.29, 0.717) is 23.4 Å². The number of ether oxygens (including phenoxy) is 1. The van der Waals surface area contributed by atoms with Crippen LogP contribution in [0.1, 0.15) is 27.0 Å². The van der Waals surface area contributed by atoms with Crippen LogP contribution >= 0.6 is 11.8 Å². The minimum absolute atomic E-state index is 0.0168. The van der Waals surface area contributed by atoms with Crippen LogP contribution in [0.5, 0.6) is 5.75 Å². The van der Waals surface area contributed by atoms with Gasteiger partial charge in [-0.2, -0.15) is 0 Å². The summed E-state index contributed by atoms with van der Waals surface area (Å²) in [5.74, 6) is -3.31. The van der Waals surface area contributed by atoms with Gasteiger partial charge in [0, 0.05) is 6.07 Å². The maximum atomic E-state index is 13.4. The van der Waals surface area contributed by atoms with Gasteiger partial charge < -0.3 is 9.84 Å². The van der Waals surface area contributed by atoms with E-state index in [4.69, 9.17) is 4.74 Å². The van der Waals surface area contributed by atoms with Crippen molar-refractivity contribution in [2.75, 3.05) is 0 Å². The Bertz CT molecular complexity index is 1290. The molecule has 1 fully saturated rings. The third kappa shape index (κ3) is 5.32. The van der Waals surface area contributed by atoms with Crippen LogP contribution in [0.3, 0.4) is 0 Å². The highest BCUT2D eigenvalue weighted by molar-refractivity contribution is 8.18. The largest absolute Gasteiger partial charge is 0.507 e. The second-order valence-electron chi connectivity index (χ2n) is 7.38. The van der Waals surface area contributed by atoms with Gasteiger partial charge in [-0.3, -0.25) is 14.5 Å². The lowest BCUT2D eigenvalue weighted by Crippen LogP contribution is -2.27. The van der Waals surface area contributed by atoms with Crippen molar-refractivity contribution in [1.29, 1.82) is 0 Å². The first kappa shape index (κ1) is 23.2. The number of rotatable bonds is 6. The van der Waals surface area contributed by atoms with Gasteiger partial charge in [0.1, 0.15) is 29.6 Å². The summed E-state index contributed by atoms with van der Waals surface area (Å²) in [4.78, 5) is 38.5. The maximum absolute atomic E-state index is 13.4. The molecule has 172 valence electrons. The third-order valence-electron chi connectivity index (χ3n) is 4.89. The van der Waals surface area contributed by atoms with E-state index in [0.717, 1.165) is 22.6 Å². The number of phenols is 1. The zero-order chi connectivity index (χ0) is 24.2. The Kier molecular flexibility index (Phi) is 6.74. The zero-order valence-corrected chi connectivity index (χ0v) is 18.4. The van der Waals surface area contributed by atoms with Gasteiger partial charge in [0.15, 0.2) is 0 Å². The summed E-state index contributed by atoms with van der Waals surface area (Å²) in [6.07, 6.45) is 1.39. The molecule has 2 amide bonds. The Morgan fingerprint density at radius 3 is 2.38 bits per heavy atom. The second-order valence-corrected chi connectivity index (χ2v) is 8.38. The summed E-state index contributed by atoms with van der Waals surface area (Å²) < 4.78 is 32.1. The molecule has 1 saturated heterocycles. The summed E-state index contributed by atoms with van der Waals surface area (Å²) in [5.41, 5.74) is 1.19. The van der Waals surface area contributed by atoms with E-state index in [2.05, 4.69) is 0 Å². The molecule has 4 rings (SSSR count). The molecule has 0 aromatic heterocycles. The van der Waals surface area contributed by atoms with E-state index in [1.807, 2.05) is 6.07 Å². The highest BCUT2D eigenvalue weighted by Gasteiger charge is 2.35. The lowest BCUT2D eigenvalue weighted by atomic mass is 10.1. The molecule has 0 radical (unpaired) electrons. The number of carbonyl (C=O) groups is 3. The Balaban J connectivity index is 1.50. The first-order valence-corrected chi connectivity index (χ1v) is 10.9. The number of phenolic OH excluding ortho intramolecular Hbond substituents is 1. The number of benzene rings is 3. The number of hydrogen-bond donors (Lipinski definition) is 1. The summed E-state index contributed by atoms with van der Waals surface area (Å²) >= 11 is 0.663. The SMILES string of the molecule is O=C(OCc1ccccc1)c1cc(/C=C2/SC(=O)N(Cc3cc(F)cc(F)c3)C2=O)ccc1O. The van der Waals surface area contributed by atoms with E-state index in [9.17, 15) is 28.3 Å². The highest BCUT2D eigenvalue weighted by atomic mass is 32.2. The van der Waals surface area contributed by atoms with Crippen LogP contribution in [0.2, 0.25) is 0 Å². The predicted octanol–water partition coefficient (Wildman–Crippen LogP) is 5.26. The average molecular weight is 481 g/mol. The number of esters is 1. The first-order valence-electron chi connectivity index (χ1n) is 10.0. The topological polar surface area (TPSA) is 83.9 Å². The molecule has 0 spiro atoms. The fourth-order valence-corrected chi connectivity index (χ4v) is 4.12. The molecule has 3 aromatic rings. The van der Waals surface area contributed by atoms with Gasteiger partial charge >= 0.3 is 5.97 Å².